The number of amides is 2. The summed E-state index contributed by atoms with van der Waals surface area (Å²) in [5, 5.41) is 0. The van der Waals surface area contributed by atoms with Gasteiger partial charge < -0.3 is 15.5 Å². The van der Waals surface area contributed by atoms with Gasteiger partial charge in [-0.25, -0.2) is 0 Å². The summed E-state index contributed by atoms with van der Waals surface area (Å²) in [5.74, 6) is -0.0522. The van der Waals surface area contributed by atoms with E-state index >= 15 is 0 Å². The lowest BCUT2D eigenvalue weighted by atomic mass is 9.89. The first-order chi connectivity index (χ1) is 7.74. The van der Waals surface area contributed by atoms with Crippen molar-refractivity contribution in [1.29, 1.82) is 0 Å². The fraction of sp³-hybridized carbons (Fsp3) is 0.727. The van der Waals surface area contributed by atoms with Crippen LogP contribution in [0.4, 0.5) is 0 Å². The van der Waals surface area contributed by atoms with Crippen LogP contribution in [0.2, 0.25) is 0 Å². The number of likely N-dealkylation sites (N-methyl/N-ethyl adjacent to an activating group) is 1. The number of nitrogens with two attached hydrogens (primary N) is 1. The van der Waals surface area contributed by atoms with E-state index in [4.69, 9.17) is 18.0 Å². The van der Waals surface area contributed by atoms with Crippen molar-refractivity contribution in [3.8, 4) is 0 Å². The molecule has 5 nitrogen and oxygen atoms in total. The van der Waals surface area contributed by atoms with E-state index in [1.807, 2.05) is 13.8 Å². The fourth-order valence-electron chi connectivity index (χ4n) is 1.50. The van der Waals surface area contributed by atoms with E-state index in [2.05, 4.69) is 0 Å². The quantitative estimate of drug-likeness (QED) is 0.719. The van der Waals surface area contributed by atoms with E-state index < -0.39 is 0 Å². The monoisotopic (exact) mass is 257 g/mol. The highest BCUT2D eigenvalue weighted by Crippen LogP contribution is 2.21. The molecule has 0 spiro atoms. The van der Waals surface area contributed by atoms with Gasteiger partial charge in [-0.05, 0) is 6.42 Å². The van der Waals surface area contributed by atoms with Gasteiger partial charge in [0.25, 0.3) is 0 Å². The van der Waals surface area contributed by atoms with Crippen LogP contribution in [0, 0.1) is 5.41 Å². The lowest BCUT2D eigenvalue weighted by molar-refractivity contribution is -0.148. The van der Waals surface area contributed by atoms with Gasteiger partial charge in [0.15, 0.2) is 0 Å². The highest BCUT2D eigenvalue weighted by Gasteiger charge is 2.29. The normalized spacial score (nSPS) is 17.6. The Kier molecular flexibility index (Phi) is 4.08. The predicted octanol–water partition coefficient (Wildman–Crippen LogP) is -0.0106. The Morgan fingerprint density at radius 3 is 2.47 bits per heavy atom. The largest absolute Gasteiger partial charge is 0.393 e. The highest BCUT2D eigenvalue weighted by atomic mass is 32.1. The minimum atomic E-state index is -0.290. The second-order valence-corrected chi connectivity index (χ2v) is 5.50. The molecule has 0 saturated carbocycles. The number of piperazine rings is 1. The number of carbonyl (C=O) groups is 2. The van der Waals surface area contributed by atoms with Crippen LogP contribution in [0.15, 0.2) is 0 Å². The van der Waals surface area contributed by atoms with Crippen LogP contribution in [0.3, 0.4) is 0 Å². The molecule has 0 aromatic carbocycles. The molecule has 2 N–H and O–H groups in total. The molecule has 0 aromatic heterocycles. The van der Waals surface area contributed by atoms with E-state index in [0.29, 0.717) is 18.0 Å². The Morgan fingerprint density at radius 2 is 1.94 bits per heavy atom. The smallest absolute Gasteiger partial charge is 0.242 e. The SMILES string of the molecule is CN1CC(=O)N(CCC(C)(C)C(N)=S)CC1=O. The van der Waals surface area contributed by atoms with Crippen LogP contribution in [0.5, 0.6) is 0 Å². The van der Waals surface area contributed by atoms with Crippen LogP contribution in [-0.4, -0.2) is 53.3 Å². The van der Waals surface area contributed by atoms with Crippen molar-refractivity contribution in [3.63, 3.8) is 0 Å². The van der Waals surface area contributed by atoms with E-state index in [-0.39, 0.29) is 30.3 Å². The van der Waals surface area contributed by atoms with Crippen LogP contribution in [0.25, 0.3) is 0 Å². The van der Waals surface area contributed by atoms with Gasteiger partial charge in [0.1, 0.15) is 0 Å². The Bertz CT molecular complexity index is 355. The molecule has 17 heavy (non-hydrogen) atoms. The molecular formula is C11H19N3O2S. The van der Waals surface area contributed by atoms with Gasteiger partial charge in [0.2, 0.25) is 11.8 Å². The summed E-state index contributed by atoms with van der Waals surface area (Å²) in [6, 6.07) is 0. The Balaban J connectivity index is 2.55. The molecule has 1 aliphatic heterocycles. The second kappa shape index (κ2) is 5.00. The number of carbonyl (C=O) groups excluding carboxylic acids is 2. The second-order valence-electron chi connectivity index (χ2n) is 5.06. The number of nitrogens with zero attached hydrogens (tertiary/aromatic N) is 2. The van der Waals surface area contributed by atoms with Gasteiger partial charge >= 0.3 is 0 Å². The molecule has 1 rings (SSSR count). The van der Waals surface area contributed by atoms with Crippen LogP contribution >= 0.6 is 12.2 Å². The van der Waals surface area contributed by atoms with Crippen molar-refractivity contribution in [2.75, 3.05) is 26.7 Å². The maximum atomic E-state index is 11.7. The first-order valence-corrected chi connectivity index (χ1v) is 5.96. The minimum absolute atomic E-state index is 0.0224. The molecule has 1 heterocycles. The van der Waals surface area contributed by atoms with Gasteiger partial charge in [-0.15, -0.1) is 0 Å². The van der Waals surface area contributed by atoms with E-state index in [9.17, 15) is 9.59 Å². The maximum Gasteiger partial charge on any atom is 0.242 e. The summed E-state index contributed by atoms with van der Waals surface area (Å²) < 4.78 is 0. The van der Waals surface area contributed by atoms with Crippen LogP contribution in [-0.2, 0) is 9.59 Å². The third-order valence-corrected chi connectivity index (χ3v) is 3.70. The zero-order chi connectivity index (χ0) is 13.2. The van der Waals surface area contributed by atoms with Crippen LogP contribution < -0.4 is 5.73 Å². The van der Waals surface area contributed by atoms with Crippen molar-refractivity contribution in [2.24, 2.45) is 11.1 Å². The zero-order valence-electron chi connectivity index (χ0n) is 10.5. The molecule has 0 aliphatic carbocycles. The van der Waals surface area contributed by atoms with E-state index in [1.165, 1.54) is 4.90 Å². The fourth-order valence-corrected chi connectivity index (χ4v) is 1.61. The van der Waals surface area contributed by atoms with Gasteiger partial charge in [-0.2, -0.15) is 0 Å². The number of hydrogen-bond acceptors (Lipinski definition) is 3. The molecule has 0 bridgehead atoms. The molecular weight excluding hydrogens is 238 g/mol. The lowest BCUT2D eigenvalue weighted by Gasteiger charge is -2.34. The molecule has 6 heteroatoms. The van der Waals surface area contributed by atoms with Crippen molar-refractivity contribution >= 4 is 29.0 Å². The molecule has 96 valence electrons. The molecule has 0 radical (unpaired) electrons. The average molecular weight is 257 g/mol. The summed E-state index contributed by atoms with van der Waals surface area (Å²) in [6.07, 6.45) is 0.672. The first kappa shape index (κ1) is 13.9. The third kappa shape index (κ3) is 3.39. The Labute approximate surface area is 107 Å². The standard InChI is InChI=1S/C11H19N3O2S/c1-11(2,10(12)17)4-5-14-7-8(15)13(3)6-9(14)16/h4-7H2,1-3H3,(H2,12,17). The van der Waals surface area contributed by atoms with Crippen LogP contribution in [0.1, 0.15) is 20.3 Å². The zero-order valence-corrected chi connectivity index (χ0v) is 11.3. The van der Waals surface area contributed by atoms with Crippen molar-refractivity contribution in [2.45, 2.75) is 20.3 Å². The van der Waals surface area contributed by atoms with Gasteiger partial charge in [0, 0.05) is 19.0 Å². The maximum absolute atomic E-state index is 11.7. The molecule has 1 saturated heterocycles. The molecule has 0 unspecified atom stereocenters. The van der Waals surface area contributed by atoms with Gasteiger partial charge in [-0.1, -0.05) is 26.1 Å². The predicted molar refractivity (Wildman–Crippen MR) is 69.4 cm³/mol. The third-order valence-electron chi connectivity index (χ3n) is 3.15. The molecule has 0 atom stereocenters. The van der Waals surface area contributed by atoms with Crippen molar-refractivity contribution < 1.29 is 9.59 Å². The summed E-state index contributed by atoms with van der Waals surface area (Å²) in [7, 11) is 1.64. The number of hydrogen-bond donors (Lipinski definition) is 1. The number of thiocarbonyl (C=S) groups is 1. The average Bonchev–Trinajstić information content (AvgIpc) is 2.21. The Morgan fingerprint density at radius 1 is 1.35 bits per heavy atom. The van der Waals surface area contributed by atoms with Crippen molar-refractivity contribution in [3.05, 3.63) is 0 Å². The summed E-state index contributed by atoms with van der Waals surface area (Å²) >= 11 is 4.97. The summed E-state index contributed by atoms with van der Waals surface area (Å²) in [5.41, 5.74) is 5.33. The van der Waals surface area contributed by atoms with E-state index in [1.54, 1.807) is 11.9 Å². The molecule has 0 aromatic rings. The Hall–Kier alpha value is -1.17. The van der Waals surface area contributed by atoms with Crippen molar-refractivity contribution in [1.82, 2.24) is 9.80 Å². The topological polar surface area (TPSA) is 66.6 Å². The lowest BCUT2D eigenvalue weighted by Crippen LogP contribution is -2.53. The van der Waals surface area contributed by atoms with Gasteiger partial charge in [0.05, 0.1) is 18.1 Å². The molecule has 2 amide bonds. The van der Waals surface area contributed by atoms with E-state index in [0.717, 1.165) is 0 Å². The molecule has 1 aliphatic rings. The summed E-state index contributed by atoms with van der Waals surface area (Å²) in [6.45, 7) is 4.72. The molecule has 1 fully saturated rings. The summed E-state index contributed by atoms with van der Waals surface area (Å²) in [4.78, 5) is 26.6. The minimum Gasteiger partial charge on any atom is -0.393 e. The van der Waals surface area contributed by atoms with Gasteiger partial charge in [-0.3, -0.25) is 9.59 Å². The highest BCUT2D eigenvalue weighted by molar-refractivity contribution is 7.80. The number of rotatable bonds is 4. The first-order valence-electron chi connectivity index (χ1n) is 5.55.